The summed E-state index contributed by atoms with van der Waals surface area (Å²) in [5.41, 5.74) is 0.778. The van der Waals surface area contributed by atoms with Crippen LogP contribution < -0.4 is 5.32 Å². The zero-order valence-electron chi connectivity index (χ0n) is 12.9. The highest BCUT2D eigenvalue weighted by atomic mass is 16.5. The maximum atomic E-state index is 12.2. The number of carbonyl (C=O) groups is 1. The van der Waals surface area contributed by atoms with Gasteiger partial charge in [0.25, 0.3) is 0 Å². The van der Waals surface area contributed by atoms with E-state index in [0.717, 1.165) is 12.1 Å². The van der Waals surface area contributed by atoms with Crippen LogP contribution in [-0.4, -0.2) is 58.8 Å². The lowest BCUT2D eigenvalue weighted by molar-refractivity contribution is -0.132. The molecule has 1 amide bonds. The second-order valence-corrected chi connectivity index (χ2v) is 5.43. The predicted octanol–water partition coefficient (Wildman–Crippen LogP) is 0.468. The van der Waals surface area contributed by atoms with Crippen molar-refractivity contribution in [2.45, 2.75) is 19.0 Å². The third-order valence-corrected chi connectivity index (χ3v) is 3.61. The van der Waals surface area contributed by atoms with E-state index in [1.807, 2.05) is 6.07 Å². The lowest BCUT2D eigenvalue weighted by Crippen LogP contribution is -2.44. The molecule has 3 rings (SSSR count). The Kier molecular flexibility index (Phi) is 4.94. The number of rotatable bonds is 5. The molecule has 0 saturated carbocycles. The van der Waals surface area contributed by atoms with E-state index < -0.39 is 0 Å². The fourth-order valence-electron chi connectivity index (χ4n) is 2.34. The average molecular weight is 317 g/mol. The number of aromatic nitrogens is 3. The maximum absolute atomic E-state index is 12.2. The molecule has 1 aliphatic heterocycles. The van der Waals surface area contributed by atoms with Gasteiger partial charge in [0.15, 0.2) is 0 Å². The van der Waals surface area contributed by atoms with Gasteiger partial charge >= 0.3 is 0 Å². The number of ether oxygens (including phenoxy) is 1. The van der Waals surface area contributed by atoms with E-state index in [1.165, 1.54) is 0 Å². The molecule has 0 spiro atoms. The summed E-state index contributed by atoms with van der Waals surface area (Å²) < 4.78 is 10.6. The zero-order chi connectivity index (χ0) is 16.1. The van der Waals surface area contributed by atoms with Crippen LogP contribution in [0.25, 0.3) is 11.4 Å². The van der Waals surface area contributed by atoms with Crippen LogP contribution in [0.4, 0.5) is 0 Å². The normalized spacial score (nSPS) is 17.9. The van der Waals surface area contributed by atoms with Crippen LogP contribution in [0.2, 0.25) is 0 Å². The summed E-state index contributed by atoms with van der Waals surface area (Å²) in [6, 6.07) is 3.72. The molecule has 1 saturated heterocycles. The molecule has 1 aliphatic rings. The van der Waals surface area contributed by atoms with E-state index in [9.17, 15) is 4.79 Å². The van der Waals surface area contributed by atoms with Crippen molar-refractivity contribution < 1.29 is 14.1 Å². The van der Waals surface area contributed by atoms with Crippen molar-refractivity contribution in [3.05, 3.63) is 30.4 Å². The summed E-state index contributed by atoms with van der Waals surface area (Å²) in [7, 11) is 1.72. The predicted molar refractivity (Wildman–Crippen MR) is 81.2 cm³/mol. The number of amides is 1. The van der Waals surface area contributed by atoms with E-state index in [2.05, 4.69) is 20.4 Å². The Balaban J connectivity index is 1.56. The number of morpholine rings is 1. The third kappa shape index (κ3) is 4.11. The topological polar surface area (TPSA) is 93.4 Å². The Hall–Kier alpha value is -2.32. The first-order valence-electron chi connectivity index (χ1n) is 7.50. The van der Waals surface area contributed by atoms with Crippen LogP contribution in [0.5, 0.6) is 0 Å². The van der Waals surface area contributed by atoms with E-state index in [4.69, 9.17) is 9.26 Å². The summed E-state index contributed by atoms with van der Waals surface area (Å²) in [4.78, 5) is 22.1. The summed E-state index contributed by atoms with van der Waals surface area (Å²) in [5.74, 6) is 0.873. The molecule has 122 valence electrons. The Bertz CT molecular complexity index is 640. The summed E-state index contributed by atoms with van der Waals surface area (Å²) in [6.07, 6.45) is 3.73. The minimum absolute atomic E-state index is 0.00845. The van der Waals surface area contributed by atoms with Crippen LogP contribution in [0.1, 0.15) is 12.3 Å². The van der Waals surface area contributed by atoms with Crippen molar-refractivity contribution in [1.29, 1.82) is 0 Å². The first kappa shape index (κ1) is 15.6. The summed E-state index contributed by atoms with van der Waals surface area (Å²) in [5, 5.41) is 7.18. The van der Waals surface area contributed by atoms with Gasteiger partial charge in [0.2, 0.25) is 17.6 Å². The number of carbonyl (C=O) groups excluding carboxylic acids is 1. The van der Waals surface area contributed by atoms with E-state index in [0.29, 0.717) is 31.3 Å². The summed E-state index contributed by atoms with van der Waals surface area (Å²) >= 11 is 0. The first-order valence-corrected chi connectivity index (χ1v) is 7.50. The van der Waals surface area contributed by atoms with Crippen LogP contribution >= 0.6 is 0 Å². The number of pyridine rings is 1. The molecule has 2 aromatic heterocycles. The Labute approximate surface area is 133 Å². The van der Waals surface area contributed by atoms with Crippen LogP contribution in [0.3, 0.4) is 0 Å². The minimum Gasteiger partial charge on any atom is -0.378 e. The van der Waals surface area contributed by atoms with Crippen LogP contribution in [0.15, 0.2) is 29.0 Å². The molecule has 1 fully saturated rings. The lowest BCUT2D eigenvalue weighted by atomic mass is 10.2. The van der Waals surface area contributed by atoms with Gasteiger partial charge in [-0.2, -0.15) is 4.98 Å². The Morgan fingerprint density at radius 1 is 1.52 bits per heavy atom. The first-order chi connectivity index (χ1) is 11.2. The fraction of sp³-hybridized carbons (Fsp3) is 0.467. The molecular weight excluding hydrogens is 298 g/mol. The van der Waals surface area contributed by atoms with Gasteiger partial charge in [0, 0.05) is 44.0 Å². The van der Waals surface area contributed by atoms with Crippen molar-refractivity contribution in [3.63, 3.8) is 0 Å². The molecule has 23 heavy (non-hydrogen) atoms. The second kappa shape index (κ2) is 7.30. The maximum Gasteiger partial charge on any atom is 0.246 e. The summed E-state index contributed by atoms with van der Waals surface area (Å²) in [6.45, 7) is 2.31. The largest absolute Gasteiger partial charge is 0.378 e. The van der Waals surface area contributed by atoms with Gasteiger partial charge in [0.05, 0.1) is 19.8 Å². The van der Waals surface area contributed by atoms with Gasteiger partial charge in [-0.05, 0) is 12.1 Å². The highest BCUT2D eigenvalue weighted by Gasteiger charge is 2.20. The Morgan fingerprint density at radius 2 is 2.43 bits per heavy atom. The molecular formula is C15H19N5O3. The number of hydrogen-bond donors (Lipinski definition) is 1. The fourth-order valence-corrected chi connectivity index (χ4v) is 2.34. The van der Waals surface area contributed by atoms with Crippen molar-refractivity contribution in [3.8, 4) is 11.4 Å². The van der Waals surface area contributed by atoms with E-state index >= 15 is 0 Å². The highest BCUT2D eigenvalue weighted by Crippen LogP contribution is 2.14. The molecule has 8 heteroatoms. The second-order valence-electron chi connectivity index (χ2n) is 5.43. The zero-order valence-corrected chi connectivity index (χ0v) is 12.9. The molecule has 1 atom stereocenters. The van der Waals surface area contributed by atoms with E-state index in [-0.39, 0.29) is 18.5 Å². The minimum atomic E-state index is 0.00845. The standard InChI is InChI=1S/C15H19N5O3/c1-20(14(21)7-12-10-22-6-5-17-12)9-13-18-15(19-23-13)11-3-2-4-16-8-11/h2-4,8,12,17H,5-7,9-10H2,1H3/t12-/m1/s1. The van der Waals surface area contributed by atoms with Crippen LogP contribution in [-0.2, 0) is 16.1 Å². The molecule has 0 bridgehead atoms. The van der Waals surface area contributed by atoms with Gasteiger partial charge in [-0.1, -0.05) is 5.16 Å². The molecule has 8 nitrogen and oxygen atoms in total. The van der Waals surface area contributed by atoms with Crippen LogP contribution in [0, 0.1) is 0 Å². The SMILES string of the molecule is CN(Cc1nc(-c2cccnc2)no1)C(=O)C[C@@H]1COCCN1. The van der Waals surface area contributed by atoms with Crippen molar-refractivity contribution in [2.75, 3.05) is 26.8 Å². The average Bonchev–Trinajstić information content (AvgIpc) is 3.05. The molecule has 2 aromatic rings. The molecule has 0 aliphatic carbocycles. The number of hydrogen-bond acceptors (Lipinski definition) is 7. The molecule has 0 radical (unpaired) electrons. The molecule has 0 aromatic carbocycles. The monoisotopic (exact) mass is 317 g/mol. The quantitative estimate of drug-likeness (QED) is 0.856. The van der Waals surface area contributed by atoms with Crippen molar-refractivity contribution in [2.24, 2.45) is 0 Å². The van der Waals surface area contributed by atoms with Gasteiger partial charge in [-0.3, -0.25) is 9.78 Å². The van der Waals surface area contributed by atoms with Gasteiger partial charge in [-0.25, -0.2) is 0 Å². The molecule has 1 N–H and O–H groups in total. The van der Waals surface area contributed by atoms with Crippen molar-refractivity contribution in [1.82, 2.24) is 25.3 Å². The van der Waals surface area contributed by atoms with Gasteiger partial charge in [0.1, 0.15) is 0 Å². The molecule has 3 heterocycles. The number of nitrogens with zero attached hydrogens (tertiary/aromatic N) is 4. The van der Waals surface area contributed by atoms with Crippen molar-refractivity contribution >= 4 is 5.91 Å². The number of nitrogens with one attached hydrogen (secondary N) is 1. The van der Waals surface area contributed by atoms with Gasteiger partial charge in [-0.15, -0.1) is 0 Å². The van der Waals surface area contributed by atoms with E-state index in [1.54, 1.807) is 30.4 Å². The highest BCUT2D eigenvalue weighted by molar-refractivity contribution is 5.76. The Morgan fingerprint density at radius 3 is 3.17 bits per heavy atom. The van der Waals surface area contributed by atoms with Gasteiger partial charge < -0.3 is 19.5 Å². The smallest absolute Gasteiger partial charge is 0.246 e. The molecule has 0 unspecified atom stereocenters. The third-order valence-electron chi connectivity index (χ3n) is 3.61. The lowest BCUT2D eigenvalue weighted by Gasteiger charge is -2.25.